The molecule has 4 N–H and O–H groups in total. The Morgan fingerprint density at radius 2 is 1.83 bits per heavy atom. The average Bonchev–Trinajstić information content (AvgIpc) is 2.97. The number of oxazole rings is 1. The van der Waals surface area contributed by atoms with Crippen molar-refractivity contribution in [2.24, 2.45) is 0 Å². The lowest BCUT2D eigenvalue weighted by Crippen LogP contribution is -1.99. The van der Waals surface area contributed by atoms with Crippen LogP contribution in [-0.4, -0.2) is 20.8 Å². The summed E-state index contributed by atoms with van der Waals surface area (Å²) >= 11 is 0. The number of rotatable bonds is 2. The Balaban J connectivity index is 0.000000208. The van der Waals surface area contributed by atoms with Crippen LogP contribution in [0.4, 0.5) is 6.01 Å². The fourth-order valence-corrected chi connectivity index (χ4v) is 1.67. The predicted molar refractivity (Wildman–Crippen MR) is 92.4 cm³/mol. The first-order valence-corrected chi connectivity index (χ1v) is 7.33. The molecule has 23 heavy (non-hydrogen) atoms. The van der Waals surface area contributed by atoms with Crippen LogP contribution < -0.4 is 5.73 Å². The number of hydrogen-bond acceptors (Lipinski definition) is 6. The zero-order valence-corrected chi connectivity index (χ0v) is 13.6. The van der Waals surface area contributed by atoms with Crippen LogP contribution in [0.25, 0.3) is 11.1 Å². The summed E-state index contributed by atoms with van der Waals surface area (Å²) in [7, 11) is 0. The second kappa shape index (κ2) is 9.32. The Morgan fingerprint density at radius 3 is 2.43 bits per heavy atom. The minimum Gasteiger partial charge on any atom is -0.424 e. The number of anilines is 1. The molecule has 122 valence electrons. The average molecular weight is 314 g/mol. The first-order valence-electron chi connectivity index (χ1n) is 7.33. The molecule has 6 heteroatoms. The molecule has 2 heterocycles. The standard InChI is InChI=1S/C8H10N2O.C7H6N2O.C2H6/c1-6(9)8-4-2-3-7(5-11)10-8;8-7-9-5-3-1-2-4-6(5)10-7;1-2/h2-4,9,11H,5H2,1H3;1-4H,(H2,8,9);1-2H3. The molecule has 0 saturated carbocycles. The van der Waals surface area contributed by atoms with E-state index in [1.807, 2.05) is 38.1 Å². The number of nitrogens with one attached hydrogen (secondary N) is 1. The number of hydrogen-bond donors (Lipinski definition) is 3. The Bertz CT molecular complexity index is 720. The van der Waals surface area contributed by atoms with Gasteiger partial charge >= 0.3 is 0 Å². The number of benzene rings is 1. The predicted octanol–water partition coefficient (Wildman–Crippen LogP) is 3.40. The Kier molecular flexibility index (Phi) is 7.42. The van der Waals surface area contributed by atoms with Gasteiger partial charge in [0.05, 0.1) is 23.7 Å². The number of nitrogen functional groups attached to an aromatic ring is 1. The van der Waals surface area contributed by atoms with Gasteiger partial charge in [-0.3, -0.25) is 0 Å². The van der Waals surface area contributed by atoms with Crippen LogP contribution in [0.1, 0.15) is 32.2 Å². The molecule has 0 radical (unpaired) electrons. The van der Waals surface area contributed by atoms with Crippen molar-refractivity contribution in [3.05, 3.63) is 53.9 Å². The van der Waals surface area contributed by atoms with Crippen molar-refractivity contribution in [1.82, 2.24) is 9.97 Å². The van der Waals surface area contributed by atoms with Gasteiger partial charge < -0.3 is 20.7 Å². The van der Waals surface area contributed by atoms with Gasteiger partial charge in [0.15, 0.2) is 5.58 Å². The summed E-state index contributed by atoms with van der Waals surface area (Å²) in [6.45, 7) is 5.60. The Hall–Kier alpha value is -2.73. The highest BCUT2D eigenvalue weighted by molar-refractivity contribution is 5.94. The molecule has 3 rings (SSSR count). The summed E-state index contributed by atoms with van der Waals surface area (Å²) in [5.74, 6) is 0. The molecule has 2 aromatic heterocycles. The van der Waals surface area contributed by atoms with Crippen LogP contribution in [0.15, 0.2) is 46.9 Å². The van der Waals surface area contributed by atoms with Gasteiger partial charge in [0.25, 0.3) is 6.01 Å². The molecule has 0 bridgehead atoms. The lowest BCUT2D eigenvalue weighted by Gasteiger charge is -1.98. The van der Waals surface area contributed by atoms with Gasteiger partial charge in [-0.2, -0.15) is 4.98 Å². The van der Waals surface area contributed by atoms with E-state index in [-0.39, 0.29) is 12.6 Å². The highest BCUT2D eigenvalue weighted by Crippen LogP contribution is 2.14. The molecule has 0 saturated heterocycles. The molecule has 0 amide bonds. The number of nitrogens with two attached hydrogens (primary N) is 1. The SMILES string of the molecule is CC.CC(=N)c1cccc(CO)n1.Nc1nc2ccccc2o1. The van der Waals surface area contributed by atoms with E-state index in [1.54, 1.807) is 25.1 Å². The normalized spacial score (nSPS) is 9.39. The number of pyridine rings is 1. The number of aliphatic hydroxyl groups is 1. The van der Waals surface area contributed by atoms with Crippen LogP contribution in [0, 0.1) is 5.41 Å². The second-order valence-corrected chi connectivity index (χ2v) is 4.32. The lowest BCUT2D eigenvalue weighted by molar-refractivity contribution is 0.277. The largest absolute Gasteiger partial charge is 0.424 e. The fraction of sp³-hybridized carbons (Fsp3) is 0.235. The third kappa shape index (κ3) is 5.52. The van der Waals surface area contributed by atoms with E-state index in [1.165, 1.54) is 0 Å². The minimum absolute atomic E-state index is 0.0683. The van der Waals surface area contributed by atoms with Gasteiger partial charge in [-0.15, -0.1) is 0 Å². The first kappa shape index (κ1) is 18.3. The van der Waals surface area contributed by atoms with Crippen molar-refractivity contribution in [3.8, 4) is 0 Å². The molecule has 1 aromatic carbocycles. The fourth-order valence-electron chi connectivity index (χ4n) is 1.67. The van der Waals surface area contributed by atoms with E-state index < -0.39 is 0 Å². The third-order valence-electron chi connectivity index (χ3n) is 2.66. The van der Waals surface area contributed by atoms with Gasteiger partial charge in [-0.1, -0.05) is 32.0 Å². The van der Waals surface area contributed by atoms with Crippen LogP contribution in [0.3, 0.4) is 0 Å². The van der Waals surface area contributed by atoms with Crippen LogP contribution in [-0.2, 0) is 6.61 Å². The van der Waals surface area contributed by atoms with E-state index >= 15 is 0 Å². The number of aliphatic hydroxyl groups excluding tert-OH is 1. The van der Waals surface area contributed by atoms with Gasteiger partial charge in [0, 0.05) is 0 Å². The second-order valence-electron chi connectivity index (χ2n) is 4.32. The number of fused-ring (bicyclic) bond motifs is 1. The molecule has 3 aromatic rings. The number of nitrogens with zero attached hydrogens (tertiary/aromatic N) is 2. The number of aromatic nitrogens is 2. The molecule has 0 atom stereocenters. The highest BCUT2D eigenvalue weighted by Gasteiger charge is 1.98. The summed E-state index contributed by atoms with van der Waals surface area (Å²) in [4.78, 5) is 7.94. The van der Waals surface area contributed by atoms with Crippen molar-refractivity contribution >= 4 is 22.8 Å². The number of para-hydroxylation sites is 2. The minimum atomic E-state index is -0.0683. The van der Waals surface area contributed by atoms with E-state index in [0.29, 0.717) is 17.1 Å². The maximum Gasteiger partial charge on any atom is 0.292 e. The molecule has 6 nitrogen and oxygen atoms in total. The summed E-state index contributed by atoms with van der Waals surface area (Å²) in [5.41, 5.74) is 8.50. The molecule has 0 unspecified atom stereocenters. The summed E-state index contributed by atoms with van der Waals surface area (Å²) < 4.78 is 5.03. The summed E-state index contributed by atoms with van der Waals surface area (Å²) in [6, 6.07) is 13.0. The lowest BCUT2D eigenvalue weighted by atomic mass is 10.2. The molecular formula is C17H22N4O2. The zero-order valence-electron chi connectivity index (χ0n) is 13.6. The molecule has 0 fully saturated rings. The summed E-state index contributed by atoms with van der Waals surface area (Å²) in [5, 5.41) is 16.0. The molecule has 0 aliphatic heterocycles. The first-order chi connectivity index (χ1) is 11.1. The Morgan fingerprint density at radius 1 is 1.13 bits per heavy atom. The van der Waals surface area contributed by atoms with Crippen LogP contribution in [0.5, 0.6) is 0 Å². The van der Waals surface area contributed by atoms with Gasteiger partial charge in [-0.25, -0.2) is 4.98 Å². The monoisotopic (exact) mass is 314 g/mol. The van der Waals surface area contributed by atoms with Gasteiger partial charge in [0.1, 0.15) is 5.52 Å². The van der Waals surface area contributed by atoms with E-state index in [9.17, 15) is 0 Å². The molecule has 0 aliphatic carbocycles. The van der Waals surface area contributed by atoms with Gasteiger partial charge in [0.2, 0.25) is 0 Å². The van der Waals surface area contributed by atoms with Gasteiger partial charge in [-0.05, 0) is 31.2 Å². The maximum absolute atomic E-state index is 8.71. The van der Waals surface area contributed by atoms with Crippen LogP contribution >= 0.6 is 0 Å². The van der Waals surface area contributed by atoms with Crippen molar-refractivity contribution in [2.45, 2.75) is 27.4 Å². The highest BCUT2D eigenvalue weighted by atomic mass is 16.4. The topological polar surface area (TPSA) is 109 Å². The van der Waals surface area contributed by atoms with E-state index in [0.717, 1.165) is 11.1 Å². The third-order valence-corrected chi connectivity index (χ3v) is 2.66. The maximum atomic E-state index is 8.71. The van der Waals surface area contributed by atoms with Crippen LogP contribution in [0.2, 0.25) is 0 Å². The van der Waals surface area contributed by atoms with Crippen molar-refractivity contribution in [3.63, 3.8) is 0 Å². The van der Waals surface area contributed by atoms with E-state index in [2.05, 4.69) is 9.97 Å². The van der Waals surface area contributed by atoms with Crippen molar-refractivity contribution < 1.29 is 9.52 Å². The van der Waals surface area contributed by atoms with Crippen molar-refractivity contribution in [1.29, 1.82) is 5.41 Å². The summed E-state index contributed by atoms with van der Waals surface area (Å²) in [6.07, 6.45) is 0. The Labute approximate surface area is 135 Å². The smallest absolute Gasteiger partial charge is 0.292 e. The molecule has 0 aliphatic rings. The molecular weight excluding hydrogens is 292 g/mol. The quantitative estimate of drug-likeness (QED) is 0.628. The molecule has 0 spiro atoms. The van der Waals surface area contributed by atoms with Crippen molar-refractivity contribution in [2.75, 3.05) is 5.73 Å². The van der Waals surface area contributed by atoms with E-state index in [4.69, 9.17) is 20.7 Å². The zero-order chi connectivity index (χ0) is 17.2.